The van der Waals surface area contributed by atoms with Crippen LogP contribution in [-0.2, 0) is 11.3 Å². The van der Waals surface area contributed by atoms with Crippen molar-refractivity contribution in [2.45, 2.75) is 26.0 Å². The predicted octanol–water partition coefficient (Wildman–Crippen LogP) is -0.354. The Morgan fingerprint density at radius 1 is 1.61 bits per heavy atom. The number of hydrogen-bond acceptors (Lipinski definition) is 3. The summed E-state index contributed by atoms with van der Waals surface area (Å²) in [7, 11) is 0. The van der Waals surface area contributed by atoms with Crippen LogP contribution in [0.2, 0.25) is 5.02 Å². The Balaban J connectivity index is 2.14. The first-order valence-electron chi connectivity index (χ1n) is 6.03. The summed E-state index contributed by atoms with van der Waals surface area (Å²) in [6.07, 6.45) is 0.127. The fourth-order valence-corrected chi connectivity index (χ4v) is 2.47. The van der Waals surface area contributed by atoms with Crippen LogP contribution < -0.4 is 14.7 Å². The first-order valence-corrected chi connectivity index (χ1v) is 6.41. The van der Waals surface area contributed by atoms with Crippen LogP contribution in [0, 0.1) is 0 Å². The molecule has 4 nitrogen and oxygen atoms in total. The molecule has 0 bridgehead atoms. The Morgan fingerprint density at radius 2 is 2.39 bits per heavy atom. The number of nitrogens with one attached hydrogen (secondary N) is 1. The SMILES string of the molecule is C[C@H]1C[NH+](CCC(=O)[O-])Cc2cc(Cl)ccc2O1. The summed E-state index contributed by atoms with van der Waals surface area (Å²) in [5, 5.41) is 11.2. The topological polar surface area (TPSA) is 53.8 Å². The third-order valence-corrected chi connectivity index (χ3v) is 3.29. The first-order chi connectivity index (χ1) is 8.54. The number of rotatable bonds is 3. The highest BCUT2D eigenvalue weighted by molar-refractivity contribution is 6.30. The molecule has 0 fully saturated rings. The highest BCUT2D eigenvalue weighted by Crippen LogP contribution is 2.24. The summed E-state index contributed by atoms with van der Waals surface area (Å²) in [6, 6.07) is 5.56. The van der Waals surface area contributed by atoms with Crippen molar-refractivity contribution in [3.05, 3.63) is 28.8 Å². The van der Waals surface area contributed by atoms with Gasteiger partial charge in [-0.25, -0.2) is 0 Å². The largest absolute Gasteiger partial charge is 0.550 e. The molecule has 1 aliphatic heterocycles. The number of benzene rings is 1. The third-order valence-electron chi connectivity index (χ3n) is 3.05. The molecule has 18 heavy (non-hydrogen) atoms. The standard InChI is InChI=1S/C13H16ClNO3/c1-9-7-15(5-4-13(16)17)8-10-6-11(14)2-3-12(10)18-9/h2-3,6,9H,4-5,7-8H2,1H3,(H,16,17)/t9-/m0/s1. The van der Waals surface area contributed by atoms with Gasteiger partial charge in [0.05, 0.1) is 6.54 Å². The number of ether oxygens (including phenoxy) is 1. The molecule has 0 saturated carbocycles. The maximum Gasteiger partial charge on any atom is 0.144 e. The number of carbonyl (C=O) groups excluding carboxylic acids is 1. The van der Waals surface area contributed by atoms with Crippen molar-refractivity contribution in [2.75, 3.05) is 13.1 Å². The molecular weight excluding hydrogens is 254 g/mol. The molecule has 0 radical (unpaired) electrons. The normalized spacial score (nSPS) is 22.8. The van der Waals surface area contributed by atoms with Crippen molar-refractivity contribution in [3.8, 4) is 5.75 Å². The molecule has 1 aliphatic rings. The fourth-order valence-electron chi connectivity index (χ4n) is 2.28. The van der Waals surface area contributed by atoms with E-state index in [9.17, 15) is 9.90 Å². The number of halogens is 1. The Kier molecular flexibility index (Phi) is 4.09. The van der Waals surface area contributed by atoms with E-state index in [1.807, 2.05) is 19.1 Å². The summed E-state index contributed by atoms with van der Waals surface area (Å²) in [5.41, 5.74) is 1.03. The molecule has 2 rings (SSSR count). The zero-order valence-corrected chi connectivity index (χ0v) is 11.0. The van der Waals surface area contributed by atoms with Crippen molar-refractivity contribution in [3.63, 3.8) is 0 Å². The Hall–Kier alpha value is -1.26. The average Bonchev–Trinajstić information content (AvgIpc) is 2.44. The Bertz CT molecular complexity index is 450. The third kappa shape index (κ3) is 3.37. The Labute approximate surface area is 111 Å². The van der Waals surface area contributed by atoms with Gasteiger partial charge in [0.25, 0.3) is 0 Å². The molecule has 0 spiro atoms. The summed E-state index contributed by atoms with van der Waals surface area (Å²) in [6.45, 7) is 4.04. The number of carboxylic acid groups (broad SMARTS) is 1. The van der Waals surface area contributed by atoms with Gasteiger partial charge in [-0.15, -0.1) is 0 Å². The van der Waals surface area contributed by atoms with Crippen LogP contribution in [0.5, 0.6) is 5.75 Å². The highest BCUT2D eigenvalue weighted by Gasteiger charge is 2.22. The number of carbonyl (C=O) groups is 1. The fraction of sp³-hybridized carbons (Fsp3) is 0.462. The number of quaternary nitrogens is 1. The molecule has 0 amide bonds. The lowest BCUT2D eigenvalue weighted by Crippen LogP contribution is -3.11. The van der Waals surface area contributed by atoms with Gasteiger partial charge in [0, 0.05) is 23.0 Å². The van der Waals surface area contributed by atoms with E-state index in [2.05, 4.69) is 0 Å². The minimum absolute atomic E-state index is 0.0594. The van der Waals surface area contributed by atoms with Gasteiger partial charge in [-0.2, -0.15) is 0 Å². The molecule has 1 N–H and O–H groups in total. The van der Waals surface area contributed by atoms with E-state index < -0.39 is 5.97 Å². The maximum absolute atomic E-state index is 10.5. The molecule has 0 aromatic heterocycles. The minimum atomic E-state index is -1.01. The van der Waals surface area contributed by atoms with Crippen LogP contribution in [0.1, 0.15) is 18.9 Å². The van der Waals surface area contributed by atoms with E-state index in [-0.39, 0.29) is 12.5 Å². The number of fused-ring (bicyclic) bond motifs is 1. The molecule has 1 unspecified atom stereocenters. The molecular formula is C13H16ClNO3. The van der Waals surface area contributed by atoms with Gasteiger partial charge in [0.1, 0.15) is 24.9 Å². The molecule has 1 aromatic carbocycles. The second kappa shape index (κ2) is 5.59. The monoisotopic (exact) mass is 269 g/mol. The summed E-state index contributed by atoms with van der Waals surface area (Å²) < 4.78 is 5.81. The first kappa shape index (κ1) is 13.2. The van der Waals surface area contributed by atoms with Crippen molar-refractivity contribution < 1.29 is 19.5 Å². The summed E-state index contributed by atoms with van der Waals surface area (Å²) >= 11 is 5.97. The van der Waals surface area contributed by atoms with Crippen LogP contribution in [0.15, 0.2) is 18.2 Å². The van der Waals surface area contributed by atoms with Crippen molar-refractivity contribution >= 4 is 17.6 Å². The summed E-state index contributed by atoms with van der Waals surface area (Å²) in [5.74, 6) is -0.165. The van der Waals surface area contributed by atoms with Crippen molar-refractivity contribution in [1.29, 1.82) is 0 Å². The molecule has 1 aromatic rings. The van der Waals surface area contributed by atoms with Gasteiger partial charge < -0.3 is 19.5 Å². The predicted molar refractivity (Wildman–Crippen MR) is 65.6 cm³/mol. The lowest BCUT2D eigenvalue weighted by atomic mass is 10.2. The smallest absolute Gasteiger partial charge is 0.144 e. The van der Waals surface area contributed by atoms with Gasteiger partial charge in [0.15, 0.2) is 0 Å². The molecule has 98 valence electrons. The second-order valence-corrected chi connectivity index (χ2v) is 5.12. The van der Waals surface area contributed by atoms with Gasteiger partial charge >= 0.3 is 0 Å². The van der Waals surface area contributed by atoms with E-state index in [0.29, 0.717) is 11.6 Å². The van der Waals surface area contributed by atoms with E-state index in [4.69, 9.17) is 16.3 Å². The van der Waals surface area contributed by atoms with Crippen LogP contribution in [0.3, 0.4) is 0 Å². The molecule has 2 atom stereocenters. The maximum atomic E-state index is 10.5. The molecule has 0 saturated heterocycles. The number of aliphatic carboxylic acids is 1. The van der Waals surface area contributed by atoms with Crippen molar-refractivity contribution in [2.24, 2.45) is 0 Å². The molecule has 5 heteroatoms. The highest BCUT2D eigenvalue weighted by atomic mass is 35.5. The zero-order chi connectivity index (χ0) is 13.1. The number of hydrogen-bond donors (Lipinski definition) is 1. The quantitative estimate of drug-likeness (QED) is 0.816. The zero-order valence-electron chi connectivity index (χ0n) is 10.2. The summed E-state index contributed by atoms with van der Waals surface area (Å²) in [4.78, 5) is 11.7. The lowest BCUT2D eigenvalue weighted by Gasteiger charge is -2.19. The average molecular weight is 270 g/mol. The van der Waals surface area contributed by atoms with E-state index in [1.54, 1.807) is 6.07 Å². The van der Waals surface area contributed by atoms with Gasteiger partial charge in [0.2, 0.25) is 0 Å². The number of carboxylic acids is 1. The lowest BCUT2D eigenvalue weighted by molar-refractivity contribution is -0.914. The van der Waals surface area contributed by atoms with E-state index in [0.717, 1.165) is 24.4 Å². The Morgan fingerprint density at radius 3 is 3.11 bits per heavy atom. The second-order valence-electron chi connectivity index (χ2n) is 4.68. The van der Waals surface area contributed by atoms with Crippen molar-refractivity contribution in [1.82, 2.24) is 0 Å². The van der Waals surface area contributed by atoms with Gasteiger partial charge in [-0.05, 0) is 25.1 Å². The van der Waals surface area contributed by atoms with Crippen LogP contribution in [0.25, 0.3) is 0 Å². The van der Waals surface area contributed by atoms with Crippen LogP contribution in [-0.4, -0.2) is 25.2 Å². The minimum Gasteiger partial charge on any atom is -0.550 e. The van der Waals surface area contributed by atoms with Crippen LogP contribution in [0.4, 0.5) is 0 Å². The van der Waals surface area contributed by atoms with E-state index >= 15 is 0 Å². The van der Waals surface area contributed by atoms with Gasteiger partial charge in [-0.1, -0.05) is 11.6 Å². The molecule has 0 aliphatic carbocycles. The van der Waals surface area contributed by atoms with Crippen LogP contribution >= 0.6 is 11.6 Å². The van der Waals surface area contributed by atoms with Gasteiger partial charge in [-0.3, -0.25) is 0 Å². The van der Waals surface area contributed by atoms with E-state index in [1.165, 1.54) is 4.90 Å². The molecule has 1 heterocycles.